The molecule has 0 spiro atoms. The van der Waals surface area contributed by atoms with Gasteiger partial charge in [0, 0.05) is 0 Å². The lowest BCUT2D eigenvalue weighted by atomic mass is 10.00. The van der Waals surface area contributed by atoms with Gasteiger partial charge in [0.05, 0.1) is 0 Å². The van der Waals surface area contributed by atoms with Crippen LogP contribution in [0.4, 0.5) is 0 Å². The predicted molar refractivity (Wildman–Crippen MR) is 56.9 cm³/mol. The average molecular weight is 165 g/mol. The lowest BCUT2D eigenvalue weighted by molar-refractivity contribution is 0.571. The molecule has 0 rings (SSSR count). The van der Waals surface area contributed by atoms with E-state index < -0.39 is 0 Å². The van der Waals surface area contributed by atoms with E-state index in [0.29, 0.717) is 0 Å². The van der Waals surface area contributed by atoms with Gasteiger partial charge in [-0.15, -0.1) is 6.58 Å². The summed E-state index contributed by atoms with van der Waals surface area (Å²) in [5, 5.41) is 0. The molecule has 1 radical (unpaired) electrons. The van der Waals surface area contributed by atoms with E-state index in [-0.39, 0.29) is 0 Å². The Morgan fingerprint density at radius 1 is 1.25 bits per heavy atom. The van der Waals surface area contributed by atoms with Crippen LogP contribution in [-0.4, -0.2) is 0 Å². The van der Waals surface area contributed by atoms with E-state index >= 15 is 0 Å². The van der Waals surface area contributed by atoms with Gasteiger partial charge in [0.2, 0.25) is 0 Å². The molecular formula is C12H21. The third-order valence-corrected chi connectivity index (χ3v) is 1.91. The molecule has 0 saturated carbocycles. The maximum absolute atomic E-state index is 3.73. The number of allylic oxidation sites excluding steroid dienone is 3. The molecule has 0 heterocycles. The molecule has 0 aromatic rings. The maximum atomic E-state index is 3.73. The molecule has 0 aromatic carbocycles. The van der Waals surface area contributed by atoms with Crippen LogP contribution in [0.3, 0.4) is 0 Å². The molecule has 0 nitrogen and oxygen atoms in total. The van der Waals surface area contributed by atoms with E-state index in [2.05, 4.69) is 39.0 Å². The number of hydrogen-bond donors (Lipinski definition) is 0. The van der Waals surface area contributed by atoms with Crippen LogP contribution in [0.15, 0.2) is 24.8 Å². The molecule has 0 heteroatoms. The summed E-state index contributed by atoms with van der Waals surface area (Å²) < 4.78 is 0. The van der Waals surface area contributed by atoms with E-state index in [1.807, 2.05) is 6.08 Å². The van der Waals surface area contributed by atoms with Gasteiger partial charge in [0.25, 0.3) is 0 Å². The molecule has 0 fully saturated rings. The van der Waals surface area contributed by atoms with Gasteiger partial charge < -0.3 is 0 Å². The summed E-state index contributed by atoms with van der Waals surface area (Å²) in [5.41, 5.74) is 0. The van der Waals surface area contributed by atoms with Crippen LogP contribution in [0.2, 0.25) is 0 Å². The number of rotatable bonds is 7. The quantitative estimate of drug-likeness (QED) is 0.392. The molecule has 0 aliphatic rings. The molecule has 12 heavy (non-hydrogen) atoms. The van der Waals surface area contributed by atoms with Crippen molar-refractivity contribution in [3.05, 3.63) is 31.2 Å². The summed E-state index contributed by atoms with van der Waals surface area (Å²) >= 11 is 0. The van der Waals surface area contributed by atoms with E-state index in [1.165, 1.54) is 19.3 Å². The SMILES string of the molecule is C=CCC(C)C[CH]CCC=CC. The van der Waals surface area contributed by atoms with Crippen molar-refractivity contribution in [2.24, 2.45) is 5.92 Å². The van der Waals surface area contributed by atoms with Crippen LogP contribution >= 0.6 is 0 Å². The van der Waals surface area contributed by atoms with Gasteiger partial charge in [-0.05, 0) is 44.9 Å². The second-order valence-corrected chi connectivity index (χ2v) is 3.30. The van der Waals surface area contributed by atoms with Crippen molar-refractivity contribution < 1.29 is 0 Å². The van der Waals surface area contributed by atoms with Crippen LogP contribution in [0, 0.1) is 12.3 Å². The second kappa shape index (κ2) is 8.58. The fraction of sp³-hybridized carbons (Fsp3) is 0.583. The molecule has 0 aliphatic carbocycles. The van der Waals surface area contributed by atoms with Gasteiger partial charge >= 0.3 is 0 Å². The minimum absolute atomic E-state index is 0.771. The zero-order chi connectivity index (χ0) is 9.23. The van der Waals surface area contributed by atoms with Crippen molar-refractivity contribution in [1.29, 1.82) is 0 Å². The fourth-order valence-electron chi connectivity index (χ4n) is 1.16. The van der Waals surface area contributed by atoms with Gasteiger partial charge in [-0.25, -0.2) is 0 Å². The predicted octanol–water partition coefficient (Wildman–Crippen LogP) is 4.15. The first kappa shape index (κ1) is 11.5. The summed E-state index contributed by atoms with van der Waals surface area (Å²) in [6.07, 6.45) is 13.5. The molecule has 0 saturated heterocycles. The summed E-state index contributed by atoms with van der Waals surface area (Å²) in [6, 6.07) is 0. The summed E-state index contributed by atoms with van der Waals surface area (Å²) in [6.45, 7) is 8.07. The Balaban J connectivity index is 3.13. The van der Waals surface area contributed by atoms with Gasteiger partial charge in [-0.1, -0.05) is 25.2 Å². The summed E-state index contributed by atoms with van der Waals surface area (Å²) in [7, 11) is 0. The Bertz CT molecular complexity index is 122. The van der Waals surface area contributed by atoms with Crippen molar-refractivity contribution in [3.8, 4) is 0 Å². The molecule has 0 aromatic heterocycles. The Hall–Kier alpha value is -0.520. The third-order valence-electron chi connectivity index (χ3n) is 1.91. The Morgan fingerprint density at radius 2 is 2.00 bits per heavy atom. The highest BCUT2D eigenvalue weighted by atomic mass is 14.0. The summed E-state index contributed by atoms with van der Waals surface area (Å²) in [5.74, 6) is 0.771. The minimum Gasteiger partial charge on any atom is -0.103 e. The highest BCUT2D eigenvalue weighted by Crippen LogP contribution is 2.12. The molecule has 1 unspecified atom stereocenters. The Kier molecular flexibility index (Phi) is 8.20. The van der Waals surface area contributed by atoms with Gasteiger partial charge in [-0.2, -0.15) is 0 Å². The first-order valence-corrected chi connectivity index (χ1v) is 4.85. The smallest absolute Gasteiger partial charge is 0.0327 e. The lowest BCUT2D eigenvalue weighted by Gasteiger charge is -2.06. The highest BCUT2D eigenvalue weighted by molar-refractivity contribution is 4.81. The van der Waals surface area contributed by atoms with Gasteiger partial charge in [-0.3, -0.25) is 0 Å². The lowest BCUT2D eigenvalue weighted by Crippen LogP contribution is -1.92. The van der Waals surface area contributed by atoms with Crippen LogP contribution in [0.5, 0.6) is 0 Å². The molecule has 0 aliphatic heterocycles. The molecule has 0 bridgehead atoms. The van der Waals surface area contributed by atoms with Crippen LogP contribution in [0.1, 0.15) is 39.5 Å². The molecular weight excluding hydrogens is 144 g/mol. The van der Waals surface area contributed by atoms with Crippen molar-refractivity contribution in [1.82, 2.24) is 0 Å². The second-order valence-electron chi connectivity index (χ2n) is 3.30. The monoisotopic (exact) mass is 165 g/mol. The van der Waals surface area contributed by atoms with Crippen LogP contribution in [0.25, 0.3) is 0 Å². The molecule has 69 valence electrons. The van der Waals surface area contributed by atoms with Gasteiger partial charge in [0.1, 0.15) is 0 Å². The first-order valence-electron chi connectivity index (χ1n) is 4.85. The van der Waals surface area contributed by atoms with E-state index in [0.717, 1.165) is 12.3 Å². The highest BCUT2D eigenvalue weighted by Gasteiger charge is 1.97. The number of hydrogen-bond acceptors (Lipinski definition) is 0. The number of unbranched alkanes of at least 4 members (excludes halogenated alkanes) is 2. The average Bonchev–Trinajstić information content (AvgIpc) is 2.05. The van der Waals surface area contributed by atoms with E-state index in [4.69, 9.17) is 0 Å². The van der Waals surface area contributed by atoms with E-state index in [9.17, 15) is 0 Å². The van der Waals surface area contributed by atoms with Crippen LogP contribution in [-0.2, 0) is 0 Å². The van der Waals surface area contributed by atoms with Crippen LogP contribution < -0.4 is 0 Å². The Morgan fingerprint density at radius 3 is 2.58 bits per heavy atom. The topological polar surface area (TPSA) is 0 Å². The van der Waals surface area contributed by atoms with Gasteiger partial charge in [0.15, 0.2) is 0 Å². The standard InChI is InChI=1S/C12H21/c1-4-6-7-8-9-11-12(3)10-5-2/h4-6,9,12H,2,7-8,10-11H2,1,3H3. The zero-order valence-corrected chi connectivity index (χ0v) is 8.42. The minimum atomic E-state index is 0.771. The zero-order valence-electron chi connectivity index (χ0n) is 8.42. The maximum Gasteiger partial charge on any atom is -0.0327 e. The van der Waals surface area contributed by atoms with Crippen molar-refractivity contribution >= 4 is 0 Å². The largest absolute Gasteiger partial charge is 0.103 e. The Labute approximate surface area is 77.4 Å². The van der Waals surface area contributed by atoms with E-state index in [1.54, 1.807) is 0 Å². The normalized spacial score (nSPS) is 13.5. The molecule has 1 atom stereocenters. The van der Waals surface area contributed by atoms with Crippen molar-refractivity contribution in [3.63, 3.8) is 0 Å². The third kappa shape index (κ3) is 7.59. The molecule has 0 amide bonds. The first-order chi connectivity index (χ1) is 5.81. The van der Waals surface area contributed by atoms with Crippen molar-refractivity contribution in [2.45, 2.75) is 39.5 Å². The summed E-state index contributed by atoms with van der Waals surface area (Å²) in [4.78, 5) is 0. The van der Waals surface area contributed by atoms with Crippen molar-refractivity contribution in [2.75, 3.05) is 0 Å². The fourth-order valence-corrected chi connectivity index (χ4v) is 1.16. The molecule has 0 N–H and O–H groups in total.